The number of aliphatic carboxylic acids is 1. The molecule has 2 atom stereocenters. The Morgan fingerprint density at radius 2 is 1.67 bits per heavy atom. The Hall–Kier alpha value is -2.28. The summed E-state index contributed by atoms with van der Waals surface area (Å²) >= 11 is 6.28. The molecule has 1 unspecified atom stereocenters. The van der Waals surface area contributed by atoms with E-state index in [9.17, 15) is 19.5 Å². The molecule has 1 heterocycles. The fourth-order valence-corrected chi connectivity index (χ4v) is 3.74. The molecule has 0 spiro atoms. The zero-order valence-electron chi connectivity index (χ0n) is 18.3. The molecule has 1 aliphatic heterocycles. The van der Waals surface area contributed by atoms with Gasteiger partial charge in [0.15, 0.2) is 0 Å². The van der Waals surface area contributed by atoms with Crippen molar-refractivity contribution >= 4 is 29.6 Å². The number of carboxylic acids is 1. The van der Waals surface area contributed by atoms with Crippen LogP contribution in [0.3, 0.4) is 0 Å². The number of hydrogen-bond donors (Lipinski definition) is 1. The second-order valence-electron chi connectivity index (χ2n) is 9.51. The fraction of sp³-hybridized carbons (Fsp3) is 0.591. The fourth-order valence-electron chi connectivity index (χ4n) is 3.52. The summed E-state index contributed by atoms with van der Waals surface area (Å²) in [5, 5.41) is 10.6. The van der Waals surface area contributed by atoms with Crippen molar-refractivity contribution in [2.75, 3.05) is 0 Å². The molecule has 1 N–H and O–H groups in total. The van der Waals surface area contributed by atoms with Crippen LogP contribution in [0.5, 0.6) is 0 Å². The van der Waals surface area contributed by atoms with Crippen LogP contribution in [-0.2, 0) is 25.5 Å². The van der Waals surface area contributed by atoms with Gasteiger partial charge in [-0.2, -0.15) is 0 Å². The van der Waals surface area contributed by atoms with E-state index in [0.29, 0.717) is 5.02 Å². The molecule has 166 valence electrons. The first kappa shape index (κ1) is 24.0. The first-order chi connectivity index (χ1) is 13.7. The number of carboxylic acid groups (broad SMARTS) is 1. The van der Waals surface area contributed by atoms with Gasteiger partial charge in [0.2, 0.25) is 5.54 Å². The molecule has 1 aromatic carbocycles. The van der Waals surface area contributed by atoms with Crippen LogP contribution < -0.4 is 0 Å². The summed E-state index contributed by atoms with van der Waals surface area (Å²) in [5.41, 5.74) is -3.20. The lowest BCUT2D eigenvalue weighted by Gasteiger charge is -2.38. The highest BCUT2D eigenvalue weighted by molar-refractivity contribution is 6.31. The maximum absolute atomic E-state index is 13.1. The van der Waals surface area contributed by atoms with Crippen LogP contribution in [0.1, 0.15) is 59.9 Å². The highest BCUT2D eigenvalue weighted by Crippen LogP contribution is 2.40. The Morgan fingerprint density at radius 1 is 1.10 bits per heavy atom. The Morgan fingerprint density at radius 3 is 2.17 bits per heavy atom. The maximum Gasteiger partial charge on any atom is 0.411 e. The number of rotatable bonds is 4. The molecule has 0 bridgehead atoms. The van der Waals surface area contributed by atoms with E-state index < -0.39 is 40.8 Å². The largest absolute Gasteiger partial charge is 0.479 e. The lowest BCUT2D eigenvalue weighted by atomic mass is 9.96. The number of likely N-dealkylation sites (tertiary alicyclic amines) is 1. The lowest BCUT2D eigenvalue weighted by Crippen LogP contribution is -2.62. The number of halogens is 1. The van der Waals surface area contributed by atoms with E-state index in [1.165, 1.54) is 0 Å². The average molecular weight is 440 g/mol. The predicted molar refractivity (Wildman–Crippen MR) is 112 cm³/mol. The van der Waals surface area contributed by atoms with E-state index >= 15 is 0 Å². The van der Waals surface area contributed by atoms with Crippen LogP contribution in [-0.4, -0.2) is 50.8 Å². The second kappa shape index (κ2) is 8.46. The molecule has 0 aliphatic carbocycles. The van der Waals surface area contributed by atoms with Gasteiger partial charge in [-0.3, -0.25) is 4.90 Å². The number of nitrogens with zero attached hydrogens (tertiary/aromatic N) is 1. The summed E-state index contributed by atoms with van der Waals surface area (Å²) in [4.78, 5) is 39.7. The van der Waals surface area contributed by atoms with Crippen molar-refractivity contribution in [2.45, 2.75) is 83.6 Å². The van der Waals surface area contributed by atoms with Crippen molar-refractivity contribution < 1.29 is 29.0 Å². The monoisotopic (exact) mass is 439 g/mol. The zero-order valence-corrected chi connectivity index (χ0v) is 19.1. The molecule has 0 saturated carbocycles. The Labute approximate surface area is 182 Å². The number of amides is 1. The minimum atomic E-state index is -2.17. The van der Waals surface area contributed by atoms with Gasteiger partial charge in [-0.15, -0.1) is 0 Å². The lowest BCUT2D eigenvalue weighted by molar-refractivity contribution is -0.177. The van der Waals surface area contributed by atoms with Gasteiger partial charge in [0.05, 0.1) is 0 Å². The number of carbonyl (C=O) groups is 3. The minimum Gasteiger partial charge on any atom is -0.479 e. The predicted octanol–water partition coefficient (Wildman–Crippen LogP) is 4.45. The van der Waals surface area contributed by atoms with E-state index in [0.717, 1.165) is 10.5 Å². The SMILES string of the molecule is CC(C)(C)OC(=O)N1C(Cc2ccccc2Cl)CC[C@]1(C(=O)O)C(=O)OC(C)(C)C. The summed E-state index contributed by atoms with van der Waals surface area (Å²) < 4.78 is 10.9. The van der Waals surface area contributed by atoms with Crippen molar-refractivity contribution in [3.05, 3.63) is 34.9 Å². The number of carbonyl (C=O) groups excluding carboxylic acids is 2. The summed E-state index contributed by atoms with van der Waals surface area (Å²) in [6.07, 6.45) is -0.372. The van der Waals surface area contributed by atoms with E-state index in [2.05, 4.69) is 0 Å². The summed E-state index contributed by atoms with van der Waals surface area (Å²) in [5.74, 6) is -2.42. The number of ether oxygens (including phenoxy) is 2. The van der Waals surface area contributed by atoms with Crippen LogP contribution in [0.4, 0.5) is 4.79 Å². The van der Waals surface area contributed by atoms with E-state index in [-0.39, 0.29) is 19.3 Å². The first-order valence-corrected chi connectivity index (χ1v) is 10.3. The average Bonchev–Trinajstić information content (AvgIpc) is 2.94. The van der Waals surface area contributed by atoms with Crippen LogP contribution in [0.25, 0.3) is 0 Å². The van der Waals surface area contributed by atoms with E-state index in [4.69, 9.17) is 21.1 Å². The first-order valence-electron chi connectivity index (χ1n) is 9.90. The maximum atomic E-state index is 13.1. The van der Waals surface area contributed by atoms with Crippen molar-refractivity contribution in [3.8, 4) is 0 Å². The quantitative estimate of drug-likeness (QED) is 0.550. The normalized spacial score (nSPS) is 22.0. The van der Waals surface area contributed by atoms with Gasteiger partial charge >= 0.3 is 18.0 Å². The smallest absolute Gasteiger partial charge is 0.411 e. The zero-order chi connectivity index (χ0) is 22.9. The molecule has 1 aromatic rings. The summed E-state index contributed by atoms with van der Waals surface area (Å²) in [6, 6.07) is 6.54. The molecule has 1 fully saturated rings. The third kappa shape index (κ3) is 5.25. The van der Waals surface area contributed by atoms with Crippen LogP contribution in [0.2, 0.25) is 5.02 Å². The van der Waals surface area contributed by atoms with Crippen molar-refractivity contribution in [1.82, 2.24) is 4.90 Å². The number of hydrogen-bond acceptors (Lipinski definition) is 5. The standard InChI is InChI=1S/C22H30ClNO6/c1-20(2,3)29-18(27)22(17(25)26)12-11-15(13-14-9-7-8-10-16(14)23)24(22)19(28)30-21(4,5)6/h7-10,15H,11-13H2,1-6H3,(H,25,26)/t15?,22-/m0/s1. The van der Waals surface area contributed by atoms with E-state index in [1.54, 1.807) is 53.7 Å². The number of esters is 1. The van der Waals surface area contributed by atoms with Gasteiger partial charge in [0.25, 0.3) is 0 Å². The van der Waals surface area contributed by atoms with Gasteiger partial charge in [0, 0.05) is 11.1 Å². The molecule has 8 heteroatoms. The molecule has 2 rings (SSSR count). The van der Waals surface area contributed by atoms with Crippen molar-refractivity contribution in [3.63, 3.8) is 0 Å². The topological polar surface area (TPSA) is 93.1 Å². The minimum absolute atomic E-state index is 0.0778. The van der Waals surface area contributed by atoms with E-state index in [1.807, 2.05) is 12.1 Å². The third-order valence-corrected chi connectivity index (χ3v) is 5.08. The third-order valence-electron chi connectivity index (χ3n) is 4.71. The Kier molecular flexibility index (Phi) is 6.76. The van der Waals surface area contributed by atoms with Crippen LogP contribution >= 0.6 is 11.6 Å². The molecule has 30 heavy (non-hydrogen) atoms. The summed E-state index contributed by atoms with van der Waals surface area (Å²) in [7, 11) is 0. The van der Waals surface area contributed by atoms with Crippen molar-refractivity contribution in [1.29, 1.82) is 0 Å². The molecule has 0 radical (unpaired) electrons. The molecule has 1 amide bonds. The van der Waals surface area contributed by atoms with Gasteiger partial charge in [-0.05, 0) is 72.4 Å². The van der Waals surface area contributed by atoms with Gasteiger partial charge in [-0.25, -0.2) is 14.4 Å². The van der Waals surface area contributed by atoms with Gasteiger partial charge < -0.3 is 14.6 Å². The van der Waals surface area contributed by atoms with Crippen LogP contribution in [0, 0.1) is 0 Å². The highest BCUT2D eigenvalue weighted by Gasteiger charge is 2.62. The van der Waals surface area contributed by atoms with Crippen molar-refractivity contribution in [2.24, 2.45) is 0 Å². The Balaban J connectivity index is 2.51. The van der Waals surface area contributed by atoms with Gasteiger partial charge in [-0.1, -0.05) is 29.8 Å². The molecular weight excluding hydrogens is 410 g/mol. The molecule has 7 nitrogen and oxygen atoms in total. The Bertz CT molecular complexity index is 826. The molecule has 1 aliphatic rings. The van der Waals surface area contributed by atoms with Gasteiger partial charge in [0.1, 0.15) is 11.2 Å². The summed E-state index contributed by atoms with van der Waals surface area (Å²) in [6.45, 7) is 9.98. The molecule has 1 saturated heterocycles. The molecular formula is C22H30ClNO6. The van der Waals surface area contributed by atoms with Crippen LogP contribution in [0.15, 0.2) is 24.3 Å². The highest BCUT2D eigenvalue weighted by atomic mass is 35.5. The number of benzene rings is 1. The second-order valence-corrected chi connectivity index (χ2v) is 9.91. The molecule has 0 aromatic heterocycles.